The summed E-state index contributed by atoms with van der Waals surface area (Å²) in [7, 11) is 0. The van der Waals surface area contributed by atoms with Gasteiger partial charge in [0.05, 0.1) is 6.10 Å². The third-order valence-corrected chi connectivity index (χ3v) is 24.2. The highest BCUT2D eigenvalue weighted by atomic mass is 16.5. The van der Waals surface area contributed by atoms with Crippen LogP contribution in [0.2, 0.25) is 0 Å². The molecule has 10 rings (SSSR count). The van der Waals surface area contributed by atoms with E-state index in [9.17, 15) is 0 Å². The maximum Gasteiger partial charge on any atom is 0.129 e. The smallest absolute Gasteiger partial charge is 0.129 e. The number of hydrogen-bond donors (Lipinski definition) is 24. The number of rotatable bonds is 80. The molecule has 0 aliphatic carbocycles. The van der Waals surface area contributed by atoms with Gasteiger partial charge in [0, 0.05) is 126 Å². The summed E-state index contributed by atoms with van der Waals surface area (Å²) in [6, 6.07) is 78.0. The van der Waals surface area contributed by atoms with Gasteiger partial charge in [-0.2, -0.15) is 0 Å². The molecule has 0 bridgehead atoms. The Balaban J connectivity index is 0.000000289. The van der Waals surface area contributed by atoms with Gasteiger partial charge in [-0.05, 0) is 470 Å². The van der Waals surface area contributed by atoms with Crippen molar-refractivity contribution in [2.24, 2.45) is 17.2 Å². The molecular formula is C124H202N24O2. The van der Waals surface area contributed by atoms with E-state index in [-0.39, 0.29) is 6.10 Å². The molecule has 0 heterocycles. The highest BCUT2D eigenvalue weighted by Gasteiger charge is 2.14. The molecule has 26 heteroatoms. The number of nitrogens with two attached hydrogens (primary N) is 3. The number of anilines is 5. The molecule has 150 heavy (non-hydrogen) atoms. The molecule has 0 saturated carbocycles. The second kappa shape index (κ2) is 86.5. The van der Waals surface area contributed by atoms with Crippen LogP contribution in [-0.2, 0) is 19.6 Å². The SMILES string of the molecule is CCCNCNCCCNc1cc(C)cc(-c2ccc(CNCCCNCCCN)cc2)c1.CCCNCNCCCNc1cc(C)cc(-c2ccc(OC(C)C)c(CNCCCNCCCN)c2)c1.CCCNCNCCCNc1cc(C)cc(-c2cccc(CNCCCNCCCN)c2)c1.CCCNCNCCCNc1cc(C)cc(-c2ccccc2)c1.CCCNCNCCCNc1cc(C)cc(Oc2ccccc2)c1. The monoisotopic (exact) mass is 2060 g/mol. The topological polar surface area (TPSA) is 349 Å². The lowest BCUT2D eigenvalue weighted by molar-refractivity contribution is 0.239. The Morgan fingerprint density at radius 3 is 0.887 bits per heavy atom. The van der Waals surface area contributed by atoms with Gasteiger partial charge in [0.25, 0.3) is 0 Å². The number of ether oxygens (including phenoxy) is 2. The Morgan fingerprint density at radius 2 is 0.513 bits per heavy atom. The van der Waals surface area contributed by atoms with Crippen molar-refractivity contribution >= 4 is 28.4 Å². The summed E-state index contributed by atoms with van der Waals surface area (Å²) in [6.07, 6.45) is 17.9. The summed E-state index contributed by atoms with van der Waals surface area (Å²) < 4.78 is 12.0. The van der Waals surface area contributed by atoms with E-state index in [0.717, 1.165) is 330 Å². The molecule has 830 valence electrons. The predicted octanol–water partition coefficient (Wildman–Crippen LogP) is 19.2. The van der Waals surface area contributed by atoms with Crippen LogP contribution in [0.3, 0.4) is 0 Å². The number of nitrogens with one attached hydrogen (secondary N) is 21. The van der Waals surface area contributed by atoms with Gasteiger partial charge in [-0.15, -0.1) is 0 Å². The summed E-state index contributed by atoms with van der Waals surface area (Å²) in [5.41, 5.74) is 42.6. The van der Waals surface area contributed by atoms with E-state index in [1.165, 1.54) is 137 Å². The molecule has 10 aromatic carbocycles. The highest BCUT2D eigenvalue weighted by molar-refractivity contribution is 5.74. The van der Waals surface area contributed by atoms with Gasteiger partial charge in [0.2, 0.25) is 0 Å². The Kier molecular flexibility index (Phi) is 74.2. The van der Waals surface area contributed by atoms with Gasteiger partial charge in [-0.25, -0.2) is 0 Å². The first-order valence-electron chi connectivity index (χ1n) is 57.0. The van der Waals surface area contributed by atoms with Gasteiger partial charge in [-0.3, -0.25) is 0 Å². The molecule has 0 aliphatic rings. The molecular weight excluding hydrogens is 1860 g/mol. The van der Waals surface area contributed by atoms with Gasteiger partial charge in [0.1, 0.15) is 17.2 Å². The lowest BCUT2D eigenvalue weighted by Crippen LogP contribution is -2.30. The molecule has 27 N–H and O–H groups in total. The molecule has 0 radical (unpaired) electrons. The summed E-state index contributed by atoms with van der Waals surface area (Å²) in [5, 5.41) is 72.6. The fraction of sp³-hybridized carbons (Fsp3) is 0.516. The van der Waals surface area contributed by atoms with Crippen molar-refractivity contribution in [1.29, 1.82) is 0 Å². The minimum atomic E-state index is 0.142. The quantitative estimate of drug-likeness (QED) is 0.0124. The lowest BCUT2D eigenvalue weighted by Gasteiger charge is -2.17. The lowest BCUT2D eigenvalue weighted by atomic mass is 9.99. The third-order valence-electron chi connectivity index (χ3n) is 24.2. The van der Waals surface area contributed by atoms with Crippen molar-refractivity contribution in [3.8, 4) is 61.8 Å². The molecule has 26 nitrogen and oxygen atoms in total. The maximum absolute atomic E-state index is 6.13. The van der Waals surface area contributed by atoms with E-state index in [1.807, 2.05) is 30.3 Å². The van der Waals surface area contributed by atoms with Crippen molar-refractivity contribution in [2.75, 3.05) is 237 Å². The first-order valence-corrected chi connectivity index (χ1v) is 57.0. The van der Waals surface area contributed by atoms with Crippen molar-refractivity contribution in [3.63, 3.8) is 0 Å². The van der Waals surface area contributed by atoms with E-state index in [2.05, 4.69) is 383 Å². The standard InChI is InChI=1S/C30H52N6O.2C27H46N6.C20H29N3O.C20H29N3/c1-5-12-34-23-35-16-8-17-36-29-19-25(4)18-27(21-29)26-9-10-30(37-24(2)3)28(20-26)22-33-15-7-14-32-13-6-11-31;1-3-12-31-22-32-16-6-17-33-27-19-23(2)18-26(20-27)25-9-7-24(8-10-25)21-30-15-5-14-29-13-4-11-28;1-3-11-31-22-32-15-7-16-33-27-18-23(2)17-26(20-27)25-9-4-8-24(19-25)21-30-14-6-13-29-12-5-10-28;1-3-10-21-16-22-11-7-12-23-18-13-17(2)14-20(15-18)24-19-8-5-4-6-9-19;1-3-10-21-16-22-11-7-12-23-20-14-17(2)13-19(15-20)18-8-5-4-6-9-18/h9-10,18-21,24,32-36H,5-8,11-17,22-23,31H2,1-4H3;7-10,18-20,29-33H,3-6,11-17,21-22,28H2,1-2H3;4,8-9,17-20,29-33H,3,5-7,10-16,21-22,28H2,1-2H3;4-6,8-9,13-15,21-23H,3,7,10-12,16H2,1-2H3;4-6,8-9,13-15,21-23H,3,7,10-12,16H2,1-2H3. The number of hydrogen-bond acceptors (Lipinski definition) is 26. The Hall–Kier alpha value is -9.96. The van der Waals surface area contributed by atoms with Gasteiger partial charge >= 0.3 is 0 Å². The minimum absolute atomic E-state index is 0.142. The van der Waals surface area contributed by atoms with E-state index in [1.54, 1.807) is 0 Å². The zero-order chi connectivity index (χ0) is 107. The Morgan fingerprint density at radius 1 is 0.220 bits per heavy atom. The van der Waals surface area contributed by atoms with Crippen LogP contribution in [-0.4, -0.2) is 216 Å². The van der Waals surface area contributed by atoms with E-state index in [4.69, 9.17) is 26.7 Å². The van der Waals surface area contributed by atoms with Crippen LogP contribution in [0.4, 0.5) is 28.4 Å². The van der Waals surface area contributed by atoms with Gasteiger partial charge in [0.15, 0.2) is 0 Å². The number of aryl methyl sites for hydroxylation is 5. The van der Waals surface area contributed by atoms with Crippen LogP contribution in [0.25, 0.3) is 44.5 Å². The van der Waals surface area contributed by atoms with Crippen LogP contribution >= 0.6 is 0 Å². The van der Waals surface area contributed by atoms with Crippen LogP contribution in [0.15, 0.2) is 218 Å². The van der Waals surface area contributed by atoms with Crippen LogP contribution in [0, 0.1) is 34.6 Å². The molecule has 0 amide bonds. The van der Waals surface area contributed by atoms with Crippen LogP contribution in [0.5, 0.6) is 17.2 Å². The zero-order valence-electron chi connectivity index (χ0n) is 94.5. The molecule has 0 unspecified atom stereocenters. The van der Waals surface area contributed by atoms with E-state index < -0.39 is 0 Å². The predicted molar refractivity (Wildman–Crippen MR) is 650 cm³/mol. The average molecular weight is 2060 g/mol. The van der Waals surface area contributed by atoms with Gasteiger partial charge in [-0.1, -0.05) is 156 Å². The molecule has 0 fully saturated rings. The van der Waals surface area contributed by atoms with Crippen molar-refractivity contribution < 1.29 is 9.47 Å². The first kappa shape index (κ1) is 129. The molecule has 0 spiro atoms. The van der Waals surface area contributed by atoms with E-state index >= 15 is 0 Å². The third kappa shape index (κ3) is 62.9. The van der Waals surface area contributed by atoms with Crippen molar-refractivity contribution in [3.05, 3.63) is 263 Å². The van der Waals surface area contributed by atoms with E-state index in [0.29, 0.717) is 0 Å². The second-order valence-corrected chi connectivity index (χ2v) is 39.1. The van der Waals surface area contributed by atoms with Crippen LogP contribution in [0.1, 0.15) is 196 Å². The molecule has 0 atom stereocenters. The first-order chi connectivity index (χ1) is 73.5. The summed E-state index contributed by atoms with van der Waals surface area (Å²) in [5.74, 6) is 2.68. The molecule has 0 aliphatic heterocycles. The highest BCUT2D eigenvalue weighted by Crippen LogP contribution is 2.33. The fourth-order valence-electron chi connectivity index (χ4n) is 16.5. The largest absolute Gasteiger partial charge is 0.491 e. The van der Waals surface area contributed by atoms with Crippen molar-refractivity contribution in [1.82, 2.24) is 85.1 Å². The number of benzene rings is 10. The van der Waals surface area contributed by atoms with Gasteiger partial charge < -0.3 is 138 Å². The summed E-state index contributed by atoms with van der Waals surface area (Å²) in [6.45, 7) is 59.4. The normalized spacial score (nSPS) is 11.0. The molecule has 0 aromatic heterocycles. The number of para-hydroxylation sites is 1. The Labute approximate surface area is 907 Å². The van der Waals surface area contributed by atoms with Crippen molar-refractivity contribution in [2.45, 2.75) is 212 Å². The average Bonchev–Trinajstić information content (AvgIpc) is 0.820. The minimum Gasteiger partial charge on any atom is -0.491 e. The second-order valence-electron chi connectivity index (χ2n) is 39.1. The zero-order valence-corrected chi connectivity index (χ0v) is 94.5. The Bertz CT molecular complexity index is 4960. The molecule has 10 aromatic rings. The fourth-order valence-corrected chi connectivity index (χ4v) is 16.5. The molecule has 0 saturated heterocycles. The summed E-state index contributed by atoms with van der Waals surface area (Å²) in [4.78, 5) is 0. The van der Waals surface area contributed by atoms with Crippen LogP contribution < -0.4 is 138 Å². The summed E-state index contributed by atoms with van der Waals surface area (Å²) >= 11 is 0. The maximum atomic E-state index is 6.13.